The summed E-state index contributed by atoms with van der Waals surface area (Å²) in [5, 5.41) is 2.99. The standard InChI is InChI=1S/C18H22FN3O3S2/c1-12(14-5-7-15(19)8-6-14)21-18(23)13(2)26-17-10-9-16(11-20-17)27(24,25)22(3)4/h5-13H,1-4H3,(H,21,23). The Morgan fingerprint density at radius 3 is 2.30 bits per heavy atom. The van der Waals surface area contributed by atoms with E-state index in [9.17, 15) is 17.6 Å². The monoisotopic (exact) mass is 411 g/mol. The Kier molecular flexibility index (Phi) is 6.96. The number of carbonyl (C=O) groups is 1. The molecule has 0 bridgehead atoms. The van der Waals surface area contributed by atoms with Crippen LogP contribution >= 0.6 is 11.8 Å². The molecular weight excluding hydrogens is 389 g/mol. The minimum Gasteiger partial charge on any atom is -0.349 e. The lowest BCUT2D eigenvalue weighted by Gasteiger charge is -2.17. The van der Waals surface area contributed by atoms with E-state index in [-0.39, 0.29) is 22.7 Å². The molecule has 2 rings (SSSR count). The number of amides is 1. The first-order valence-corrected chi connectivity index (χ1v) is 10.5. The van der Waals surface area contributed by atoms with Gasteiger partial charge in [-0.25, -0.2) is 22.1 Å². The van der Waals surface area contributed by atoms with Gasteiger partial charge in [0.15, 0.2) is 0 Å². The summed E-state index contributed by atoms with van der Waals surface area (Å²) < 4.78 is 38.2. The van der Waals surface area contributed by atoms with Gasteiger partial charge in [0.1, 0.15) is 10.7 Å². The van der Waals surface area contributed by atoms with Crippen molar-refractivity contribution in [3.8, 4) is 0 Å². The van der Waals surface area contributed by atoms with E-state index in [2.05, 4.69) is 10.3 Å². The van der Waals surface area contributed by atoms with Crippen LogP contribution in [0.2, 0.25) is 0 Å². The molecule has 0 radical (unpaired) electrons. The number of hydrogen-bond acceptors (Lipinski definition) is 5. The predicted molar refractivity (Wildman–Crippen MR) is 103 cm³/mol. The molecule has 1 aromatic heterocycles. The summed E-state index contributed by atoms with van der Waals surface area (Å²) in [6, 6.07) is 8.74. The third-order valence-corrected chi connectivity index (χ3v) is 6.73. The third-order valence-electron chi connectivity index (χ3n) is 3.88. The lowest BCUT2D eigenvalue weighted by Crippen LogP contribution is -2.33. The van der Waals surface area contributed by atoms with Crippen LogP contribution in [-0.4, -0.2) is 43.0 Å². The van der Waals surface area contributed by atoms with Crippen molar-refractivity contribution in [2.24, 2.45) is 0 Å². The molecule has 2 aromatic rings. The van der Waals surface area contributed by atoms with Gasteiger partial charge in [0.25, 0.3) is 0 Å². The van der Waals surface area contributed by atoms with E-state index >= 15 is 0 Å². The molecule has 0 aliphatic carbocycles. The van der Waals surface area contributed by atoms with Crippen LogP contribution in [0.3, 0.4) is 0 Å². The number of halogens is 1. The van der Waals surface area contributed by atoms with Gasteiger partial charge in [0.05, 0.1) is 16.3 Å². The molecule has 1 aromatic carbocycles. The summed E-state index contributed by atoms with van der Waals surface area (Å²) >= 11 is 1.23. The SMILES string of the molecule is CC(Sc1ccc(S(=O)(=O)N(C)C)cn1)C(=O)NC(C)c1ccc(F)cc1. The Balaban J connectivity index is 1.98. The Hall–Kier alpha value is -1.97. The first-order chi connectivity index (χ1) is 12.6. The van der Waals surface area contributed by atoms with Crippen molar-refractivity contribution in [2.45, 2.75) is 35.1 Å². The summed E-state index contributed by atoms with van der Waals surface area (Å²) in [6.07, 6.45) is 1.28. The number of hydrogen-bond donors (Lipinski definition) is 1. The summed E-state index contributed by atoms with van der Waals surface area (Å²) in [7, 11) is -0.630. The molecule has 0 fully saturated rings. The second-order valence-electron chi connectivity index (χ2n) is 6.16. The zero-order valence-corrected chi connectivity index (χ0v) is 17.1. The first-order valence-electron chi connectivity index (χ1n) is 8.22. The third kappa shape index (κ3) is 5.50. The van der Waals surface area contributed by atoms with Crippen molar-refractivity contribution < 1.29 is 17.6 Å². The van der Waals surface area contributed by atoms with Crippen molar-refractivity contribution in [1.82, 2.24) is 14.6 Å². The fourth-order valence-electron chi connectivity index (χ4n) is 2.20. The molecule has 1 N–H and O–H groups in total. The van der Waals surface area contributed by atoms with Crippen LogP contribution in [0.1, 0.15) is 25.5 Å². The highest BCUT2D eigenvalue weighted by Gasteiger charge is 2.20. The number of sulfonamides is 1. The van der Waals surface area contributed by atoms with Gasteiger partial charge in [-0.1, -0.05) is 23.9 Å². The smallest absolute Gasteiger partial charge is 0.244 e. The van der Waals surface area contributed by atoms with Gasteiger partial charge in [0.2, 0.25) is 15.9 Å². The van der Waals surface area contributed by atoms with Crippen LogP contribution in [0.25, 0.3) is 0 Å². The highest BCUT2D eigenvalue weighted by atomic mass is 32.2. The van der Waals surface area contributed by atoms with Crippen molar-refractivity contribution in [3.63, 3.8) is 0 Å². The minimum absolute atomic E-state index is 0.0962. The lowest BCUT2D eigenvalue weighted by molar-refractivity contribution is -0.120. The summed E-state index contributed by atoms with van der Waals surface area (Å²) in [6.45, 7) is 3.56. The summed E-state index contributed by atoms with van der Waals surface area (Å²) in [4.78, 5) is 16.6. The van der Waals surface area contributed by atoms with Crippen LogP contribution in [0.4, 0.5) is 4.39 Å². The molecule has 0 aliphatic rings. The quantitative estimate of drug-likeness (QED) is 0.709. The number of thioether (sulfide) groups is 1. The van der Waals surface area contributed by atoms with Gasteiger partial charge in [-0.15, -0.1) is 0 Å². The number of aromatic nitrogens is 1. The van der Waals surface area contributed by atoms with Crippen LogP contribution < -0.4 is 5.32 Å². The predicted octanol–water partition coefficient (Wildman–Crippen LogP) is 2.83. The van der Waals surface area contributed by atoms with E-state index in [0.29, 0.717) is 5.03 Å². The van der Waals surface area contributed by atoms with Crippen molar-refractivity contribution in [1.29, 1.82) is 0 Å². The van der Waals surface area contributed by atoms with E-state index in [1.54, 1.807) is 25.1 Å². The fraction of sp³-hybridized carbons (Fsp3) is 0.333. The van der Waals surface area contributed by atoms with Crippen LogP contribution in [0.15, 0.2) is 52.5 Å². The Bertz CT molecular complexity index is 885. The summed E-state index contributed by atoms with van der Waals surface area (Å²) in [5.41, 5.74) is 0.804. The molecule has 1 heterocycles. The molecule has 1 amide bonds. The van der Waals surface area contributed by atoms with Crippen molar-refractivity contribution >= 4 is 27.7 Å². The van der Waals surface area contributed by atoms with Gasteiger partial charge >= 0.3 is 0 Å². The van der Waals surface area contributed by atoms with E-state index in [1.807, 2.05) is 6.92 Å². The van der Waals surface area contributed by atoms with Gasteiger partial charge in [-0.05, 0) is 43.7 Å². The average molecular weight is 412 g/mol. The first kappa shape index (κ1) is 21.3. The van der Waals surface area contributed by atoms with Crippen LogP contribution in [-0.2, 0) is 14.8 Å². The number of nitrogens with one attached hydrogen (secondary N) is 1. The molecule has 27 heavy (non-hydrogen) atoms. The maximum atomic E-state index is 13.0. The molecule has 0 aliphatic heterocycles. The second-order valence-corrected chi connectivity index (χ2v) is 9.67. The Labute approximate surface area is 163 Å². The van der Waals surface area contributed by atoms with Gasteiger partial charge < -0.3 is 5.32 Å². The number of nitrogens with zero attached hydrogens (tertiary/aromatic N) is 2. The van der Waals surface area contributed by atoms with Crippen LogP contribution in [0.5, 0.6) is 0 Å². The highest BCUT2D eigenvalue weighted by Crippen LogP contribution is 2.24. The maximum absolute atomic E-state index is 13.0. The number of benzene rings is 1. The number of carbonyl (C=O) groups excluding carboxylic acids is 1. The number of rotatable bonds is 7. The second kappa shape index (κ2) is 8.81. The molecule has 0 saturated carbocycles. The van der Waals surface area contributed by atoms with Crippen molar-refractivity contribution in [3.05, 3.63) is 54.0 Å². The molecule has 146 valence electrons. The van der Waals surface area contributed by atoms with E-state index in [0.717, 1.165) is 9.87 Å². The molecule has 2 atom stereocenters. The highest BCUT2D eigenvalue weighted by molar-refractivity contribution is 8.00. The summed E-state index contributed by atoms with van der Waals surface area (Å²) in [5.74, 6) is -0.518. The Morgan fingerprint density at radius 2 is 1.78 bits per heavy atom. The maximum Gasteiger partial charge on any atom is 0.244 e. The van der Waals surface area contributed by atoms with Gasteiger partial charge in [0, 0.05) is 20.3 Å². The zero-order chi connectivity index (χ0) is 20.2. The molecular formula is C18H22FN3O3S2. The van der Waals surface area contributed by atoms with E-state index in [4.69, 9.17) is 0 Å². The fourth-order valence-corrected chi connectivity index (χ4v) is 3.85. The average Bonchev–Trinajstić information content (AvgIpc) is 2.62. The minimum atomic E-state index is -3.53. The molecule has 6 nitrogen and oxygen atoms in total. The van der Waals surface area contributed by atoms with Gasteiger partial charge in [-0.3, -0.25) is 4.79 Å². The molecule has 2 unspecified atom stereocenters. The van der Waals surface area contributed by atoms with Crippen molar-refractivity contribution in [2.75, 3.05) is 14.1 Å². The van der Waals surface area contributed by atoms with E-state index < -0.39 is 15.3 Å². The molecule has 9 heteroatoms. The topological polar surface area (TPSA) is 79.4 Å². The largest absolute Gasteiger partial charge is 0.349 e. The normalized spacial score (nSPS) is 14.0. The van der Waals surface area contributed by atoms with E-state index in [1.165, 1.54) is 50.3 Å². The molecule has 0 saturated heterocycles. The Morgan fingerprint density at radius 1 is 1.15 bits per heavy atom. The molecule has 0 spiro atoms. The zero-order valence-electron chi connectivity index (χ0n) is 15.5. The number of pyridine rings is 1. The lowest BCUT2D eigenvalue weighted by atomic mass is 10.1. The van der Waals surface area contributed by atoms with Gasteiger partial charge in [-0.2, -0.15) is 0 Å². The van der Waals surface area contributed by atoms with Crippen LogP contribution in [0, 0.1) is 5.82 Å².